The van der Waals surface area contributed by atoms with Gasteiger partial charge >= 0.3 is 0 Å². The van der Waals surface area contributed by atoms with Crippen molar-refractivity contribution in [3.05, 3.63) is 35.4 Å². The third kappa shape index (κ3) is 4.84. The molecule has 5 heteroatoms. The Hall–Kier alpha value is -1.43. The van der Waals surface area contributed by atoms with Crippen LogP contribution in [0.1, 0.15) is 50.7 Å². The van der Waals surface area contributed by atoms with E-state index in [-0.39, 0.29) is 18.4 Å². The Morgan fingerprint density at radius 3 is 2.31 bits per heavy atom. The zero-order valence-corrected chi connectivity index (χ0v) is 18.1. The van der Waals surface area contributed by atoms with Gasteiger partial charge in [-0.2, -0.15) is 0 Å². The minimum Gasteiger partial charge on any atom is -0.394 e. The molecule has 2 heterocycles. The fourth-order valence-electron chi connectivity index (χ4n) is 5.44. The molecule has 2 N–H and O–H groups in total. The standard InChI is InChI=1S/C24H37N3O2/c1-24(2,17-28)25-23(29)20-8-5-11-27(16-20)21-9-12-26(13-10-21)22-14-18-6-3-4-7-19(18)15-22/h3-4,6-7,20-22,28H,5,8-17H2,1-2H3,(H,25,29)/t20-/m1/s1. The highest BCUT2D eigenvalue weighted by molar-refractivity contribution is 5.79. The van der Waals surface area contributed by atoms with Crippen molar-refractivity contribution in [3.8, 4) is 0 Å². The first-order chi connectivity index (χ1) is 13.9. The number of rotatable bonds is 5. The SMILES string of the molecule is CC(C)(CO)NC(=O)[C@@H]1CCCN(C2CCN(C3Cc4ccccc4C3)CC2)C1. The van der Waals surface area contributed by atoms with E-state index in [1.54, 1.807) is 0 Å². The number of amides is 1. The van der Waals surface area contributed by atoms with Crippen molar-refractivity contribution in [2.75, 3.05) is 32.8 Å². The Labute approximate surface area is 175 Å². The Morgan fingerprint density at radius 2 is 1.69 bits per heavy atom. The molecule has 5 nitrogen and oxygen atoms in total. The number of nitrogens with one attached hydrogen (secondary N) is 1. The molecule has 1 amide bonds. The second-order valence-corrected chi connectivity index (χ2v) is 9.96. The number of benzene rings is 1. The number of nitrogens with zero attached hydrogens (tertiary/aromatic N) is 2. The van der Waals surface area contributed by atoms with Crippen LogP contribution < -0.4 is 5.32 Å². The van der Waals surface area contributed by atoms with Crippen LogP contribution >= 0.6 is 0 Å². The van der Waals surface area contributed by atoms with Crippen LogP contribution in [0.2, 0.25) is 0 Å². The highest BCUT2D eigenvalue weighted by atomic mass is 16.3. The minimum atomic E-state index is -0.538. The molecule has 0 unspecified atom stereocenters. The van der Waals surface area contributed by atoms with E-state index < -0.39 is 5.54 Å². The third-order valence-corrected chi connectivity index (χ3v) is 7.24. The van der Waals surface area contributed by atoms with Gasteiger partial charge in [-0.25, -0.2) is 0 Å². The summed E-state index contributed by atoms with van der Waals surface area (Å²) >= 11 is 0. The zero-order valence-electron chi connectivity index (χ0n) is 18.1. The third-order valence-electron chi connectivity index (χ3n) is 7.24. The molecule has 3 aliphatic rings. The highest BCUT2D eigenvalue weighted by Crippen LogP contribution is 2.30. The molecule has 0 radical (unpaired) electrons. The van der Waals surface area contributed by atoms with E-state index >= 15 is 0 Å². The Morgan fingerprint density at radius 1 is 1.03 bits per heavy atom. The maximum absolute atomic E-state index is 12.7. The number of piperidine rings is 2. The molecule has 0 bridgehead atoms. The second kappa shape index (κ2) is 8.75. The lowest BCUT2D eigenvalue weighted by molar-refractivity contribution is -0.129. The first-order valence-electron chi connectivity index (χ1n) is 11.4. The molecule has 2 saturated heterocycles. The molecule has 29 heavy (non-hydrogen) atoms. The lowest BCUT2D eigenvalue weighted by atomic mass is 9.92. The van der Waals surface area contributed by atoms with E-state index in [0.717, 1.165) is 25.9 Å². The average molecular weight is 400 g/mol. The minimum absolute atomic E-state index is 0.0291. The zero-order chi connectivity index (χ0) is 20.4. The van der Waals surface area contributed by atoms with Crippen LogP contribution in [0.25, 0.3) is 0 Å². The van der Waals surface area contributed by atoms with Crippen molar-refractivity contribution in [2.45, 2.75) is 70.0 Å². The summed E-state index contributed by atoms with van der Waals surface area (Å²) in [6, 6.07) is 10.2. The molecular weight excluding hydrogens is 362 g/mol. The van der Waals surface area contributed by atoms with Gasteiger partial charge in [0.15, 0.2) is 0 Å². The number of likely N-dealkylation sites (tertiary alicyclic amines) is 2. The van der Waals surface area contributed by atoms with E-state index in [2.05, 4.69) is 39.4 Å². The van der Waals surface area contributed by atoms with Gasteiger partial charge in [0.25, 0.3) is 0 Å². The highest BCUT2D eigenvalue weighted by Gasteiger charge is 2.35. The van der Waals surface area contributed by atoms with E-state index in [4.69, 9.17) is 0 Å². The topological polar surface area (TPSA) is 55.8 Å². The van der Waals surface area contributed by atoms with Crippen molar-refractivity contribution in [2.24, 2.45) is 5.92 Å². The van der Waals surface area contributed by atoms with Gasteiger partial charge in [-0.3, -0.25) is 14.6 Å². The van der Waals surface area contributed by atoms with E-state index in [1.807, 2.05) is 13.8 Å². The number of fused-ring (bicyclic) bond motifs is 1. The predicted molar refractivity (Wildman–Crippen MR) is 116 cm³/mol. The van der Waals surface area contributed by atoms with E-state index in [1.165, 1.54) is 49.9 Å². The summed E-state index contributed by atoms with van der Waals surface area (Å²) in [5.41, 5.74) is 2.54. The molecule has 0 saturated carbocycles. The lowest BCUT2D eigenvalue weighted by Gasteiger charge is -2.43. The molecule has 160 valence electrons. The van der Waals surface area contributed by atoms with Gasteiger partial charge in [-0.15, -0.1) is 0 Å². The van der Waals surface area contributed by atoms with Crippen molar-refractivity contribution >= 4 is 5.91 Å². The molecule has 2 fully saturated rings. The molecule has 1 aliphatic carbocycles. The van der Waals surface area contributed by atoms with Gasteiger partial charge in [-0.1, -0.05) is 24.3 Å². The van der Waals surface area contributed by atoms with Gasteiger partial charge in [0.2, 0.25) is 5.91 Å². The fourth-order valence-corrected chi connectivity index (χ4v) is 5.44. The Bertz CT molecular complexity index is 687. The van der Waals surface area contributed by atoms with Crippen LogP contribution in [0.4, 0.5) is 0 Å². The van der Waals surface area contributed by atoms with E-state index in [0.29, 0.717) is 12.1 Å². The van der Waals surface area contributed by atoms with Crippen molar-refractivity contribution in [1.29, 1.82) is 0 Å². The number of aliphatic hydroxyl groups is 1. The molecule has 4 rings (SSSR count). The van der Waals surface area contributed by atoms with Crippen LogP contribution in [-0.4, -0.2) is 71.2 Å². The summed E-state index contributed by atoms with van der Waals surface area (Å²) in [5.74, 6) is 0.159. The van der Waals surface area contributed by atoms with Crippen molar-refractivity contribution in [3.63, 3.8) is 0 Å². The van der Waals surface area contributed by atoms with Crippen LogP contribution in [-0.2, 0) is 17.6 Å². The molecule has 1 aromatic rings. The maximum Gasteiger partial charge on any atom is 0.224 e. The molecule has 2 aliphatic heterocycles. The fraction of sp³-hybridized carbons (Fsp3) is 0.708. The summed E-state index contributed by atoms with van der Waals surface area (Å²) < 4.78 is 0. The predicted octanol–water partition coefficient (Wildman–Crippen LogP) is 2.22. The smallest absolute Gasteiger partial charge is 0.224 e. The number of hydrogen-bond acceptors (Lipinski definition) is 4. The van der Waals surface area contributed by atoms with Gasteiger partial charge in [0, 0.05) is 18.6 Å². The van der Waals surface area contributed by atoms with Crippen molar-refractivity contribution < 1.29 is 9.90 Å². The maximum atomic E-state index is 12.7. The van der Waals surface area contributed by atoms with Crippen LogP contribution in [0.5, 0.6) is 0 Å². The first-order valence-corrected chi connectivity index (χ1v) is 11.4. The first kappa shape index (κ1) is 20.8. The summed E-state index contributed by atoms with van der Waals surface area (Å²) in [5, 5.41) is 12.5. The summed E-state index contributed by atoms with van der Waals surface area (Å²) in [7, 11) is 0. The summed E-state index contributed by atoms with van der Waals surface area (Å²) in [6.45, 7) is 8.06. The van der Waals surface area contributed by atoms with Crippen LogP contribution in [0.15, 0.2) is 24.3 Å². The molecule has 1 atom stereocenters. The molecular formula is C24H37N3O2. The molecule has 1 aromatic carbocycles. The largest absolute Gasteiger partial charge is 0.394 e. The summed E-state index contributed by atoms with van der Waals surface area (Å²) in [6.07, 6.45) is 6.88. The average Bonchev–Trinajstić information content (AvgIpc) is 3.18. The number of carbonyl (C=O) groups is 1. The van der Waals surface area contributed by atoms with Crippen LogP contribution in [0.3, 0.4) is 0 Å². The van der Waals surface area contributed by atoms with Crippen LogP contribution in [0, 0.1) is 5.92 Å². The van der Waals surface area contributed by atoms with Gasteiger partial charge in [-0.05, 0) is 83.1 Å². The van der Waals surface area contributed by atoms with Gasteiger partial charge in [0.1, 0.15) is 0 Å². The second-order valence-electron chi connectivity index (χ2n) is 9.96. The number of carbonyl (C=O) groups excluding carboxylic acids is 1. The quantitative estimate of drug-likeness (QED) is 0.797. The van der Waals surface area contributed by atoms with E-state index in [9.17, 15) is 9.90 Å². The summed E-state index contributed by atoms with van der Waals surface area (Å²) in [4.78, 5) is 18.0. The normalized spacial score (nSPS) is 25.1. The van der Waals surface area contributed by atoms with Gasteiger partial charge < -0.3 is 10.4 Å². The molecule has 0 aromatic heterocycles. The Balaban J connectivity index is 1.27. The Kier molecular flexibility index (Phi) is 6.28. The number of hydrogen-bond donors (Lipinski definition) is 2. The van der Waals surface area contributed by atoms with Gasteiger partial charge in [0.05, 0.1) is 18.1 Å². The monoisotopic (exact) mass is 399 g/mol. The molecule has 0 spiro atoms. The number of aliphatic hydroxyl groups excluding tert-OH is 1. The van der Waals surface area contributed by atoms with Crippen molar-refractivity contribution in [1.82, 2.24) is 15.1 Å². The lowest BCUT2D eigenvalue weighted by Crippen LogP contribution is -2.54.